The average Bonchev–Trinajstić information content (AvgIpc) is 2.94. The van der Waals surface area contributed by atoms with Crippen molar-refractivity contribution in [2.45, 2.75) is 12.3 Å². The summed E-state index contributed by atoms with van der Waals surface area (Å²) >= 11 is 0. The number of benzene rings is 2. The zero-order valence-electron chi connectivity index (χ0n) is 10.5. The molecule has 3 rings (SSSR count). The van der Waals surface area contributed by atoms with E-state index >= 15 is 0 Å². The molecule has 94 valence electrons. The largest absolute Gasteiger partial charge is 0.265 e. The van der Waals surface area contributed by atoms with Gasteiger partial charge >= 0.3 is 0 Å². The van der Waals surface area contributed by atoms with Gasteiger partial charge in [-0.25, -0.2) is 4.39 Å². The Morgan fingerprint density at radius 3 is 2.42 bits per heavy atom. The van der Waals surface area contributed by atoms with Crippen molar-refractivity contribution in [1.82, 2.24) is 0 Å². The molecule has 1 nitrogen and oxygen atoms in total. The van der Waals surface area contributed by atoms with Gasteiger partial charge in [0.15, 0.2) is 0 Å². The molecule has 1 aliphatic heterocycles. The molecule has 0 bridgehead atoms. The smallest absolute Gasteiger partial charge is 0.123 e. The fourth-order valence-electron chi connectivity index (χ4n) is 2.44. The van der Waals surface area contributed by atoms with E-state index in [1.165, 1.54) is 6.07 Å². The van der Waals surface area contributed by atoms with Gasteiger partial charge in [0.2, 0.25) is 0 Å². The fraction of sp³-hybridized carbons (Fsp3) is 0.118. The molecule has 0 fully saturated rings. The van der Waals surface area contributed by atoms with Gasteiger partial charge in [-0.2, -0.15) is 0 Å². The van der Waals surface area contributed by atoms with Crippen LogP contribution in [0.1, 0.15) is 23.5 Å². The second-order valence-electron chi connectivity index (χ2n) is 4.58. The number of nitrogens with zero attached hydrogens (tertiary/aromatic N) is 1. The van der Waals surface area contributed by atoms with Crippen LogP contribution < -0.4 is 0 Å². The van der Waals surface area contributed by atoms with Crippen molar-refractivity contribution in [3.8, 4) is 0 Å². The van der Waals surface area contributed by atoms with Crippen LogP contribution in [0.25, 0.3) is 0 Å². The van der Waals surface area contributed by atoms with Crippen molar-refractivity contribution >= 4 is 6.21 Å². The first kappa shape index (κ1) is 11.8. The van der Waals surface area contributed by atoms with Crippen LogP contribution in [-0.2, 0) is 0 Å². The maximum absolute atomic E-state index is 13.5. The summed E-state index contributed by atoms with van der Waals surface area (Å²) in [6.07, 6.45) is 4.85. The lowest BCUT2D eigenvalue weighted by molar-refractivity contribution is 0.624. The molecule has 0 saturated carbocycles. The number of aliphatic imine (C=N–C) groups is 1. The number of allylic oxidation sites excluding steroid dienone is 2. The van der Waals surface area contributed by atoms with Crippen LogP contribution in [0.2, 0.25) is 0 Å². The van der Waals surface area contributed by atoms with Crippen LogP contribution in [-0.4, -0.2) is 6.21 Å². The Bertz CT molecular complexity index is 629. The van der Waals surface area contributed by atoms with Crippen LogP contribution in [0.15, 0.2) is 71.4 Å². The predicted octanol–water partition coefficient (Wildman–Crippen LogP) is 4.32. The Hall–Kier alpha value is -2.22. The first-order chi connectivity index (χ1) is 9.34. The molecule has 0 spiro atoms. The normalized spacial score (nSPS) is 15.3. The molecule has 1 heterocycles. The maximum Gasteiger partial charge on any atom is 0.123 e. The Morgan fingerprint density at radius 2 is 1.74 bits per heavy atom. The second-order valence-corrected chi connectivity index (χ2v) is 4.58. The predicted molar refractivity (Wildman–Crippen MR) is 75.9 cm³/mol. The molecule has 0 saturated heterocycles. The minimum atomic E-state index is -0.207. The van der Waals surface area contributed by atoms with Gasteiger partial charge in [-0.05, 0) is 23.3 Å². The molecule has 1 unspecified atom stereocenters. The quantitative estimate of drug-likeness (QED) is 0.770. The van der Waals surface area contributed by atoms with Crippen molar-refractivity contribution in [2.75, 3.05) is 0 Å². The van der Waals surface area contributed by atoms with E-state index in [4.69, 9.17) is 0 Å². The molecular formula is C17H14FN. The van der Waals surface area contributed by atoms with Crippen LogP contribution >= 0.6 is 0 Å². The molecule has 0 radical (unpaired) electrons. The van der Waals surface area contributed by atoms with Crippen LogP contribution in [0.3, 0.4) is 0 Å². The van der Waals surface area contributed by atoms with Crippen LogP contribution in [0, 0.1) is 5.82 Å². The molecule has 0 aliphatic carbocycles. The monoisotopic (exact) mass is 251 g/mol. The highest BCUT2D eigenvalue weighted by Gasteiger charge is 2.20. The van der Waals surface area contributed by atoms with Gasteiger partial charge in [0.05, 0.1) is 5.92 Å². The Kier molecular flexibility index (Phi) is 3.23. The molecule has 0 N–H and O–H groups in total. The minimum Gasteiger partial charge on any atom is -0.265 e. The van der Waals surface area contributed by atoms with Crippen molar-refractivity contribution in [1.29, 1.82) is 0 Å². The maximum atomic E-state index is 13.5. The summed E-state index contributed by atoms with van der Waals surface area (Å²) < 4.78 is 13.5. The molecule has 2 aromatic carbocycles. The van der Waals surface area contributed by atoms with E-state index < -0.39 is 0 Å². The molecule has 2 heteroatoms. The standard InChI is InChI=1S/C17H14FN/c18-15-9-4-8-14(12-15)17(16-10-5-11-19-16)13-6-2-1-3-7-13/h1-4,6-12,17H,5H2. The molecule has 2 aromatic rings. The van der Waals surface area contributed by atoms with E-state index in [-0.39, 0.29) is 11.7 Å². The summed E-state index contributed by atoms with van der Waals surface area (Å²) in [5, 5.41) is 0. The SMILES string of the molecule is Fc1cccc(C(C2=CCC=N2)c2ccccc2)c1. The molecule has 0 aromatic heterocycles. The van der Waals surface area contributed by atoms with Gasteiger partial charge in [-0.3, -0.25) is 4.99 Å². The highest BCUT2D eigenvalue weighted by atomic mass is 19.1. The van der Waals surface area contributed by atoms with E-state index in [2.05, 4.69) is 23.2 Å². The van der Waals surface area contributed by atoms with Crippen molar-refractivity contribution in [3.63, 3.8) is 0 Å². The average molecular weight is 251 g/mol. The lowest BCUT2D eigenvalue weighted by Gasteiger charge is -2.17. The van der Waals surface area contributed by atoms with Gasteiger partial charge in [0.1, 0.15) is 5.82 Å². The summed E-state index contributed by atoms with van der Waals surface area (Å²) in [5.74, 6) is -0.198. The molecule has 1 aliphatic rings. The molecule has 1 atom stereocenters. The number of hydrogen-bond acceptors (Lipinski definition) is 1. The van der Waals surface area contributed by atoms with Gasteiger partial charge < -0.3 is 0 Å². The lowest BCUT2D eigenvalue weighted by Crippen LogP contribution is -2.03. The molecule has 0 amide bonds. The summed E-state index contributed by atoms with van der Waals surface area (Å²) in [4.78, 5) is 4.43. The fourth-order valence-corrected chi connectivity index (χ4v) is 2.44. The van der Waals surface area contributed by atoms with E-state index in [0.29, 0.717) is 0 Å². The van der Waals surface area contributed by atoms with Crippen molar-refractivity contribution in [2.24, 2.45) is 4.99 Å². The van der Waals surface area contributed by atoms with E-state index in [9.17, 15) is 4.39 Å². The Labute approximate surface area is 112 Å². The summed E-state index contributed by atoms with van der Waals surface area (Å²) in [7, 11) is 0. The highest BCUT2D eigenvalue weighted by Crippen LogP contribution is 2.34. The molecular weight excluding hydrogens is 237 g/mol. The Morgan fingerprint density at radius 1 is 0.947 bits per heavy atom. The number of rotatable bonds is 3. The third-order valence-electron chi connectivity index (χ3n) is 3.28. The zero-order chi connectivity index (χ0) is 13.1. The first-order valence-corrected chi connectivity index (χ1v) is 6.37. The topological polar surface area (TPSA) is 12.4 Å². The third-order valence-corrected chi connectivity index (χ3v) is 3.28. The van der Waals surface area contributed by atoms with Gasteiger partial charge in [-0.15, -0.1) is 0 Å². The van der Waals surface area contributed by atoms with Gasteiger partial charge in [-0.1, -0.05) is 48.5 Å². The lowest BCUT2D eigenvalue weighted by atomic mass is 9.88. The third kappa shape index (κ3) is 2.48. The summed E-state index contributed by atoms with van der Waals surface area (Å²) in [6.45, 7) is 0. The Balaban J connectivity index is 2.09. The molecule has 19 heavy (non-hydrogen) atoms. The van der Waals surface area contributed by atoms with Gasteiger partial charge in [0.25, 0.3) is 0 Å². The summed E-state index contributed by atoms with van der Waals surface area (Å²) in [5.41, 5.74) is 3.08. The highest BCUT2D eigenvalue weighted by molar-refractivity contribution is 5.66. The van der Waals surface area contributed by atoms with Crippen LogP contribution in [0.5, 0.6) is 0 Å². The zero-order valence-corrected chi connectivity index (χ0v) is 10.5. The van der Waals surface area contributed by atoms with E-state index in [1.807, 2.05) is 30.5 Å². The second kappa shape index (κ2) is 5.19. The minimum absolute atomic E-state index is 0.00986. The summed E-state index contributed by atoms with van der Waals surface area (Å²) in [6, 6.07) is 16.9. The van der Waals surface area contributed by atoms with Crippen molar-refractivity contribution < 1.29 is 4.39 Å². The van der Waals surface area contributed by atoms with Crippen LogP contribution in [0.4, 0.5) is 4.39 Å². The number of halogens is 1. The number of hydrogen-bond donors (Lipinski definition) is 0. The first-order valence-electron chi connectivity index (χ1n) is 6.37. The van der Waals surface area contributed by atoms with Gasteiger partial charge in [0, 0.05) is 18.3 Å². The van der Waals surface area contributed by atoms with E-state index in [1.54, 1.807) is 12.1 Å². The van der Waals surface area contributed by atoms with E-state index in [0.717, 1.165) is 23.2 Å². The van der Waals surface area contributed by atoms with Crippen molar-refractivity contribution in [3.05, 3.63) is 83.3 Å².